The average Bonchev–Trinajstić information content (AvgIpc) is 3.44. The Hall–Kier alpha value is -3.71. The normalized spacial score (nSPS) is 11.8. The highest BCUT2D eigenvalue weighted by molar-refractivity contribution is 6.34. The van der Waals surface area contributed by atoms with Crippen molar-refractivity contribution < 1.29 is 17.6 Å². The zero-order valence-corrected chi connectivity index (χ0v) is 17.8. The van der Waals surface area contributed by atoms with Crippen molar-refractivity contribution >= 4 is 28.3 Å². The van der Waals surface area contributed by atoms with E-state index in [1.807, 2.05) is 42.5 Å². The van der Waals surface area contributed by atoms with Crippen LogP contribution in [0.1, 0.15) is 11.3 Å². The van der Waals surface area contributed by atoms with Gasteiger partial charge in [-0.2, -0.15) is 18.3 Å². The van der Waals surface area contributed by atoms with E-state index in [0.717, 1.165) is 34.2 Å². The van der Waals surface area contributed by atoms with Crippen LogP contribution in [0.2, 0.25) is 5.02 Å². The molecule has 0 spiro atoms. The molecule has 8 heteroatoms. The van der Waals surface area contributed by atoms with Crippen molar-refractivity contribution in [3.05, 3.63) is 95.2 Å². The molecule has 5 aromatic rings. The topological polar surface area (TPSA) is 53.9 Å². The van der Waals surface area contributed by atoms with Gasteiger partial charge in [-0.1, -0.05) is 54.1 Å². The number of aromatic nitrogens is 2. The second-order valence-electron chi connectivity index (χ2n) is 7.51. The Balaban J connectivity index is 1.35. The summed E-state index contributed by atoms with van der Waals surface area (Å²) in [7, 11) is 0. The maximum Gasteiger partial charge on any atom is 0.416 e. The van der Waals surface area contributed by atoms with Gasteiger partial charge in [0.05, 0.1) is 22.6 Å². The molecule has 0 aliphatic rings. The molecular formula is C25H17ClF3N3O. The lowest BCUT2D eigenvalue weighted by Crippen LogP contribution is -2.03. The number of nitrogens with zero attached hydrogens (tertiary/aromatic N) is 1. The molecule has 4 nitrogen and oxygen atoms in total. The van der Waals surface area contributed by atoms with E-state index >= 15 is 0 Å². The lowest BCUT2D eigenvalue weighted by molar-refractivity contribution is -0.137. The highest BCUT2D eigenvalue weighted by Crippen LogP contribution is 2.35. The first-order chi connectivity index (χ1) is 15.9. The third kappa shape index (κ3) is 4.32. The Bertz CT molecular complexity index is 1410. The molecule has 2 heterocycles. The molecule has 0 aliphatic carbocycles. The van der Waals surface area contributed by atoms with Gasteiger partial charge in [-0.25, -0.2) is 0 Å². The number of hydrogen-bond donors (Lipinski definition) is 2. The molecule has 0 radical (unpaired) electrons. The third-order valence-electron chi connectivity index (χ3n) is 5.32. The Labute approximate surface area is 192 Å². The van der Waals surface area contributed by atoms with Crippen LogP contribution in [0.3, 0.4) is 0 Å². The number of hydrogen-bond acceptors (Lipinski definition) is 3. The third-order valence-corrected chi connectivity index (χ3v) is 5.64. The largest absolute Gasteiger partial charge is 0.459 e. The smallest absolute Gasteiger partial charge is 0.416 e. The standard InChI is InChI=1S/C25H17ClF3N3O/c26-21-13-22-20(12-19(21)15-4-2-1-3-5-15)24(32-31-22)30-14-18-10-11-23(33-18)16-6-8-17(9-7-16)25(27,28)29/h1-13H,14H2,(H2,30,31,32). The highest BCUT2D eigenvalue weighted by atomic mass is 35.5. The Morgan fingerprint density at radius 2 is 1.67 bits per heavy atom. The summed E-state index contributed by atoms with van der Waals surface area (Å²) >= 11 is 6.47. The molecule has 2 aromatic heterocycles. The van der Waals surface area contributed by atoms with Gasteiger partial charge >= 0.3 is 6.18 Å². The molecule has 0 saturated carbocycles. The number of H-pyrrole nitrogens is 1. The number of furan rings is 1. The summed E-state index contributed by atoms with van der Waals surface area (Å²) in [4.78, 5) is 0. The number of fused-ring (bicyclic) bond motifs is 1. The van der Waals surface area contributed by atoms with Crippen molar-refractivity contribution in [2.75, 3.05) is 5.32 Å². The van der Waals surface area contributed by atoms with Gasteiger partial charge in [0.2, 0.25) is 0 Å². The number of nitrogens with one attached hydrogen (secondary N) is 2. The molecule has 0 amide bonds. The molecule has 0 saturated heterocycles. The SMILES string of the molecule is FC(F)(F)c1ccc(-c2ccc(CNc3n[nH]c4cc(Cl)c(-c5ccccc5)cc34)o2)cc1. The predicted octanol–water partition coefficient (Wildman–Crippen LogP) is 7.77. The van der Waals surface area contributed by atoms with Crippen LogP contribution in [0.4, 0.5) is 19.0 Å². The van der Waals surface area contributed by atoms with Crippen molar-refractivity contribution in [3.8, 4) is 22.5 Å². The summed E-state index contributed by atoms with van der Waals surface area (Å²) in [6.45, 7) is 0.351. The minimum atomic E-state index is -4.37. The van der Waals surface area contributed by atoms with Crippen LogP contribution in [0, 0.1) is 0 Å². The molecule has 3 aromatic carbocycles. The van der Waals surface area contributed by atoms with Crippen LogP contribution in [-0.2, 0) is 12.7 Å². The predicted molar refractivity (Wildman–Crippen MR) is 123 cm³/mol. The Morgan fingerprint density at radius 1 is 0.909 bits per heavy atom. The molecule has 0 aliphatic heterocycles. The first-order valence-electron chi connectivity index (χ1n) is 10.1. The Kier molecular flexibility index (Phi) is 5.34. The maximum atomic E-state index is 12.8. The number of anilines is 1. The second kappa shape index (κ2) is 8.33. The van der Waals surface area contributed by atoms with Crippen LogP contribution < -0.4 is 5.32 Å². The number of aromatic amines is 1. The van der Waals surface area contributed by atoms with E-state index < -0.39 is 11.7 Å². The monoisotopic (exact) mass is 467 g/mol. The second-order valence-corrected chi connectivity index (χ2v) is 7.92. The minimum absolute atomic E-state index is 0.351. The average molecular weight is 468 g/mol. The zero-order valence-electron chi connectivity index (χ0n) is 17.1. The van der Waals surface area contributed by atoms with Gasteiger partial charge in [-0.15, -0.1) is 0 Å². The molecule has 0 atom stereocenters. The summed E-state index contributed by atoms with van der Waals surface area (Å²) < 4.78 is 44.1. The zero-order chi connectivity index (χ0) is 23.0. The molecule has 0 bridgehead atoms. The number of benzene rings is 3. The van der Waals surface area contributed by atoms with E-state index in [1.54, 1.807) is 12.1 Å². The lowest BCUT2D eigenvalue weighted by Gasteiger charge is -2.07. The van der Waals surface area contributed by atoms with Gasteiger partial charge in [-0.05, 0) is 42.0 Å². The molecule has 5 rings (SSSR count). The molecule has 0 fully saturated rings. The lowest BCUT2D eigenvalue weighted by atomic mass is 10.0. The fourth-order valence-electron chi connectivity index (χ4n) is 3.63. The van der Waals surface area contributed by atoms with Crippen LogP contribution >= 0.6 is 11.6 Å². The van der Waals surface area contributed by atoms with Crippen LogP contribution in [0.5, 0.6) is 0 Å². The van der Waals surface area contributed by atoms with E-state index in [2.05, 4.69) is 15.5 Å². The fourth-order valence-corrected chi connectivity index (χ4v) is 3.91. The van der Waals surface area contributed by atoms with E-state index in [9.17, 15) is 13.2 Å². The summed E-state index contributed by atoms with van der Waals surface area (Å²) in [5, 5.41) is 12.1. The molecule has 33 heavy (non-hydrogen) atoms. The van der Waals surface area contributed by atoms with Gasteiger partial charge in [0.15, 0.2) is 5.82 Å². The summed E-state index contributed by atoms with van der Waals surface area (Å²) in [5.74, 6) is 1.76. The van der Waals surface area contributed by atoms with Gasteiger partial charge in [0, 0.05) is 16.5 Å². The molecule has 0 unspecified atom stereocenters. The first kappa shape index (κ1) is 21.2. The molecular weight excluding hydrogens is 451 g/mol. The van der Waals surface area contributed by atoms with Crippen molar-refractivity contribution in [1.82, 2.24) is 10.2 Å². The van der Waals surface area contributed by atoms with Gasteiger partial charge in [0.1, 0.15) is 11.5 Å². The summed E-state index contributed by atoms with van der Waals surface area (Å²) in [6, 6.07) is 22.1. The quantitative estimate of drug-likeness (QED) is 0.277. The van der Waals surface area contributed by atoms with E-state index in [1.165, 1.54) is 12.1 Å². The highest BCUT2D eigenvalue weighted by Gasteiger charge is 2.30. The van der Waals surface area contributed by atoms with Crippen molar-refractivity contribution in [1.29, 1.82) is 0 Å². The molecule has 2 N–H and O–H groups in total. The van der Waals surface area contributed by atoms with E-state index in [4.69, 9.17) is 16.0 Å². The fraction of sp³-hybridized carbons (Fsp3) is 0.0800. The summed E-state index contributed by atoms with van der Waals surface area (Å²) in [6.07, 6.45) is -4.37. The van der Waals surface area contributed by atoms with Crippen molar-refractivity contribution in [2.45, 2.75) is 12.7 Å². The number of rotatable bonds is 5. The van der Waals surface area contributed by atoms with Crippen LogP contribution in [0.25, 0.3) is 33.4 Å². The Morgan fingerprint density at radius 3 is 2.39 bits per heavy atom. The maximum absolute atomic E-state index is 12.8. The van der Waals surface area contributed by atoms with Crippen LogP contribution in [0.15, 0.2) is 83.3 Å². The van der Waals surface area contributed by atoms with Gasteiger partial charge < -0.3 is 9.73 Å². The van der Waals surface area contributed by atoms with E-state index in [0.29, 0.717) is 34.5 Å². The molecule has 166 valence electrons. The van der Waals surface area contributed by atoms with E-state index in [-0.39, 0.29) is 0 Å². The van der Waals surface area contributed by atoms with Crippen LogP contribution in [-0.4, -0.2) is 10.2 Å². The van der Waals surface area contributed by atoms with Gasteiger partial charge in [-0.3, -0.25) is 5.10 Å². The van der Waals surface area contributed by atoms with Gasteiger partial charge in [0.25, 0.3) is 0 Å². The van der Waals surface area contributed by atoms with Crippen molar-refractivity contribution in [2.24, 2.45) is 0 Å². The summed E-state index contributed by atoms with van der Waals surface area (Å²) in [5.41, 5.74) is 2.58. The minimum Gasteiger partial charge on any atom is -0.459 e. The van der Waals surface area contributed by atoms with Crippen molar-refractivity contribution in [3.63, 3.8) is 0 Å². The first-order valence-corrected chi connectivity index (χ1v) is 10.5. The number of alkyl halides is 3. The number of halogens is 4.